The van der Waals surface area contributed by atoms with E-state index >= 15 is 0 Å². The Bertz CT molecular complexity index is 630. The van der Waals surface area contributed by atoms with Crippen LogP contribution in [0, 0.1) is 15.9 Å². The number of nitrogens with zero attached hydrogens (tertiary/aromatic N) is 2. The number of nitrogens with one attached hydrogen (secondary N) is 1. The van der Waals surface area contributed by atoms with E-state index in [0.717, 1.165) is 18.9 Å². The lowest BCUT2D eigenvalue weighted by molar-refractivity contribution is -0.384. The van der Waals surface area contributed by atoms with Gasteiger partial charge in [-0.05, 0) is 45.7 Å². The van der Waals surface area contributed by atoms with E-state index in [0.29, 0.717) is 13.1 Å². The van der Waals surface area contributed by atoms with Crippen molar-refractivity contribution in [3.05, 3.63) is 34.1 Å². The van der Waals surface area contributed by atoms with Gasteiger partial charge < -0.3 is 15.0 Å². The highest BCUT2D eigenvalue weighted by Gasteiger charge is 2.28. The van der Waals surface area contributed by atoms with Crippen molar-refractivity contribution in [3.63, 3.8) is 0 Å². The number of likely N-dealkylation sites (tertiary alicyclic amines) is 1. The van der Waals surface area contributed by atoms with Crippen molar-refractivity contribution in [1.29, 1.82) is 0 Å². The summed E-state index contributed by atoms with van der Waals surface area (Å²) < 4.78 is 18.6. The normalized spacial score (nSPS) is 18.2. The Morgan fingerprint density at radius 1 is 1.46 bits per heavy atom. The van der Waals surface area contributed by atoms with E-state index in [2.05, 4.69) is 5.32 Å². The fraction of sp³-hybridized carbons (Fsp3) is 0.562. The number of anilines is 1. The summed E-state index contributed by atoms with van der Waals surface area (Å²) in [6.07, 6.45) is 1.11. The highest BCUT2D eigenvalue weighted by molar-refractivity contribution is 5.68. The molecule has 0 bridgehead atoms. The van der Waals surface area contributed by atoms with Gasteiger partial charge in [-0.3, -0.25) is 10.1 Å². The number of hydrogen-bond acceptors (Lipinski definition) is 5. The number of amides is 1. The van der Waals surface area contributed by atoms with Crippen LogP contribution in [0.1, 0.15) is 33.6 Å². The third-order valence-corrected chi connectivity index (χ3v) is 3.59. The van der Waals surface area contributed by atoms with Crippen LogP contribution in [-0.2, 0) is 4.74 Å². The highest BCUT2D eigenvalue weighted by atomic mass is 19.1. The van der Waals surface area contributed by atoms with Gasteiger partial charge in [0, 0.05) is 19.1 Å². The number of nitro groups is 1. The van der Waals surface area contributed by atoms with Gasteiger partial charge in [0.25, 0.3) is 5.69 Å². The molecule has 1 aliphatic rings. The van der Waals surface area contributed by atoms with Crippen LogP contribution in [0.2, 0.25) is 0 Å². The first kappa shape index (κ1) is 18.0. The average molecular weight is 339 g/mol. The Morgan fingerprint density at radius 3 is 2.79 bits per heavy atom. The fourth-order valence-electron chi connectivity index (χ4n) is 2.59. The van der Waals surface area contributed by atoms with Gasteiger partial charge in [-0.2, -0.15) is 0 Å². The van der Waals surface area contributed by atoms with Crippen molar-refractivity contribution < 1.29 is 18.8 Å². The molecule has 1 fully saturated rings. The number of benzene rings is 1. The van der Waals surface area contributed by atoms with Crippen LogP contribution in [0.3, 0.4) is 0 Å². The summed E-state index contributed by atoms with van der Waals surface area (Å²) >= 11 is 0. The van der Waals surface area contributed by atoms with Crippen LogP contribution < -0.4 is 5.32 Å². The minimum atomic E-state index is -0.661. The van der Waals surface area contributed by atoms with Crippen LogP contribution in [0.15, 0.2) is 18.2 Å². The molecule has 1 aromatic rings. The topological polar surface area (TPSA) is 84.7 Å². The molecule has 132 valence electrons. The second-order valence-electron chi connectivity index (χ2n) is 6.83. The van der Waals surface area contributed by atoms with E-state index in [1.165, 1.54) is 12.1 Å². The standard InChI is InChI=1S/C16H22FN3O4/c1-16(2,3)24-15(21)19-8-4-5-12(10-19)18-13-7-6-11(17)9-14(13)20(22)23/h6-7,9,12,18H,4-5,8,10H2,1-3H3/t12-/m1/s1. The summed E-state index contributed by atoms with van der Waals surface area (Å²) in [6.45, 7) is 6.35. The molecule has 0 aromatic heterocycles. The van der Waals surface area contributed by atoms with Crippen LogP contribution in [-0.4, -0.2) is 40.6 Å². The Labute approximate surface area is 139 Å². The number of carbonyl (C=O) groups excluding carboxylic acids is 1. The molecule has 24 heavy (non-hydrogen) atoms. The minimum Gasteiger partial charge on any atom is -0.444 e. The van der Waals surface area contributed by atoms with E-state index in [9.17, 15) is 19.3 Å². The smallest absolute Gasteiger partial charge is 0.410 e. The first-order valence-electron chi connectivity index (χ1n) is 7.84. The molecule has 8 heteroatoms. The minimum absolute atomic E-state index is 0.157. The molecule has 2 rings (SSSR count). The maximum atomic E-state index is 13.2. The number of ether oxygens (including phenoxy) is 1. The van der Waals surface area contributed by atoms with E-state index in [-0.39, 0.29) is 17.4 Å². The predicted octanol–water partition coefficient (Wildman–Crippen LogP) is 3.55. The Hall–Kier alpha value is -2.38. The van der Waals surface area contributed by atoms with Gasteiger partial charge in [0.15, 0.2) is 0 Å². The van der Waals surface area contributed by atoms with Gasteiger partial charge >= 0.3 is 6.09 Å². The molecular formula is C16H22FN3O4. The van der Waals surface area contributed by atoms with Gasteiger partial charge in [-0.15, -0.1) is 0 Å². The average Bonchev–Trinajstić information content (AvgIpc) is 2.47. The SMILES string of the molecule is CC(C)(C)OC(=O)N1CCC[C@@H](Nc2ccc(F)cc2[N+](=O)[O-])C1. The van der Waals surface area contributed by atoms with Crippen LogP contribution in [0.25, 0.3) is 0 Å². The third-order valence-electron chi connectivity index (χ3n) is 3.59. The predicted molar refractivity (Wildman–Crippen MR) is 87.5 cm³/mol. The quantitative estimate of drug-likeness (QED) is 0.672. The second kappa shape index (κ2) is 7.02. The van der Waals surface area contributed by atoms with Crippen molar-refractivity contribution in [2.75, 3.05) is 18.4 Å². The molecule has 0 spiro atoms. The molecule has 1 N–H and O–H groups in total. The number of rotatable bonds is 3. The molecule has 0 unspecified atom stereocenters. The Kier molecular flexibility index (Phi) is 5.26. The van der Waals surface area contributed by atoms with E-state index < -0.39 is 22.4 Å². The number of hydrogen-bond donors (Lipinski definition) is 1. The highest BCUT2D eigenvalue weighted by Crippen LogP contribution is 2.27. The molecule has 0 saturated carbocycles. The summed E-state index contributed by atoms with van der Waals surface area (Å²) in [5.41, 5.74) is -0.644. The molecule has 0 radical (unpaired) electrons. The molecule has 1 heterocycles. The Balaban J connectivity index is 2.06. The van der Waals surface area contributed by atoms with Crippen molar-refractivity contribution in [2.24, 2.45) is 0 Å². The fourth-order valence-corrected chi connectivity index (χ4v) is 2.59. The van der Waals surface area contributed by atoms with E-state index in [1.807, 2.05) is 0 Å². The van der Waals surface area contributed by atoms with Crippen molar-refractivity contribution in [3.8, 4) is 0 Å². The van der Waals surface area contributed by atoms with Crippen molar-refractivity contribution in [1.82, 2.24) is 4.90 Å². The monoisotopic (exact) mass is 339 g/mol. The second-order valence-corrected chi connectivity index (χ2v) is 6.83. The van der Waals surface area contributed by atoms with Crippen LogP contribution in [0.5, 0.6) is 0 Å². The molecule has 1 aromatic carbocycles. The van der Waals surface area contributed by atoms with E-state index in [4.69, 9.17) is 4.74 Å². The van der Waals surface area contributed by atoms with Gasteiger partial charge in [-0.25, -0.2) is 9.18 Å². The van der Waals surface area contributed by atoms with Gasteiger partial charge in [0.1, 0.15) is 17.1 Å². The maximum Gasteiger partial charge on any atom is 0.410 e. The van der Waals surface area contributed by atoms with Gasteiger partial charge in [-0.1, -0.05) is 0 Å². The van der Waals surface area contributed by atoms with Gasteiger partial charge in [0.05, 0.1) is 11.0 Å². The largest absolute Gasteiger partial charge is 0.444 e. The van der Waals surface area contributed by atoms with Crippen molar-refractivity contribution >= 4 is 17.5 Å². The molecular weight excluding hydrogens is 317 g/mol. The van der Waals surface area contributed by atoms with Crippen LogP contribution in [0.4, 0.5) is 20.6 Å². The first-order chi connectivity index (χ1) is 11.2. The molecule has 1 aliphatic heterocycles. The summed E-state index contributed by atoms with van der Waals surface area (Å²) in [5.74, 6) is -0.661. The lowest BCUT2D eigenvalue weighted by atomic mass is 10.1. The van der Waals surface area contributed by atoms with Crippen molar-refractivity contribution in [2.45, 2.75) is 45.3 Å². The zero-order chi connectivity index (χ0) is 17.9. The van der Waals surface area contributed by atoms with E-state index in [1.54, 1.807) is 25.7 Å². The molecule has 1 saturated heterocycles. The number of halogens is 1. The summed E-state index contributed by atoms with van der Waals surface area (Å²) in [5, 5.41) is 14.1. The van der Waals surface area contributed by atoms with Crippen LogP contribution >= 0.6 is 0 Å². The number of piperidine rings is 1. The molecule has 1 atom stereocenters. The molecule has 7 nitrogen and oxygen atoms in total. The lowest BCUT2D eigenvalue weighted by Gasteiger charge is -2.34. The molecule has 1 amide bonds. The Morgan fingerprint density at radius 2 is 2.17 bits per heavy atom. The summed E-state index contributed by atoms with van der Waals surface area (Å²) in [6, 6.07) is 3.25. The first-order valence-corrected chi connectivity index (χ1v) is 7.84. The third kappa shape index (κ3) is 4.81. The lowest BCUT2D eigenvalue weighted by Crippen LogP contribution is -2.47. The molecule has 0 aliphatic carbocycles. The number of nitro benzene ring substituents is 1. The number of carbonyl (C=O) groups is 1. The zero-order valence-electron chi connectivity index (χ0n) is 14.0. The summed E-state index contributed by atoms with van der Waals surface area (Å²) in [7, 11) is 0. The maximum absolute atomic E-state index is 13.2. The summed E-state index contributed by atoms with van der Waals surface area (Å²) in [4.78, 5) is 24.2. The van der Waals surface area contributed by atoms with Gasteiger partial charge in [0.2, 0.25) is 0 Å². The zero-order valence-corrected chi connectivity index (χ0v) is 14.0.